The molecular formula is C39H36F3NO10. The molecule has 0 aliphatic rings. The van der Waals surface area contributed by atoms with Crippen LogP contribution in [0, 0.1) is 0 Å². The lowest BCUT2D eigenvalue weighted by Crippen LogP contribution is -2.50. The summed E-state index contributed by atoms with van der Waals surface area (Å²) in [6.07, 6.45) is -4.96. The van der Waals surface area contributed by atoms with Crippen molar-refractivity contribution in [1.29, 1.82) is 0 Å². The predicted octanol–water partition coefficient (Wildman–Crippen LogP) is 6.33. The minimum atomic E-state index is -4.53. The van der Waals surface area contributed by atoms with Crippen LogP contribution in [0.1, 0.15) is 40.9 Å². The predicted molar refractivity (Wildman–Crippen MR) is 185 cm³/mol. The summed E-state index contributed by atoms with van der Waals surface area (Å²) in [5.41, 5.74) is -1.68. The van der Waals surface area contributed by atoms with Crippen molar-refractivity contribution in [1.82, 2.24) is 0 Å². The largest absolute Gasteiger partial charge is 0.465 e. The molecule has 0 atom stereocenters. The number of methoxy groups -OCH3 is 1. The molecular weight excluding hydrogens is 699 g/mol. The molecule has 0 spiro atoms. The van der Waals surface area contributed by atoms with Crippen LogP contribution in [0.5, 0.6) is 5.75 Å². The molecule has 4 rings (SSSR count). The summed E-state index contributed by atoms with van der Waals surface area (Å²) in [6.45, 7) is 1.82. The molecule has 0 aromatic heterocycles. The van der Waals surface area contributed by atoms with Crippen LogP contribution < -0.4 is 10.1 Å². The molecule has 0 unspecified atom stereocenters. The van der Waals surface area contributed by atoms with Crippen molar-refractivity contribution in [2.24, 2.45) is 0 Å². The van der Waals surface area contributed by atoms with Crippen LogP contribution in [0.2, 0.25) is 0 Å². The van der Waals surface area contributed by atoms with E-state index in [1.54, 1.807) is 50.2 Å². The van der Waals surface area contributed by atoms with E-state index in [9.17, 15) is 37.1 Å². The average molecular weight is 736 g/mol. The van der Waals surface area contributed by atoms with E-state index in [2.05, 4.69) is 5.32 Å². The van der Waals surface area contributed by atoms with Gasteiger partial charge in [-0.2, -0.15) is 13.2 Å². The van der Waals surface area contributed by atoms with Crippen LogP contribution in [0.25, 0.3) is 11.1 Å². The molecule has 14 heteroatoms. The van der Waals surface area contributed by atoms with Gasteiger partial charge in [0.25, 0.3) is 5.91 Å². The molecule has 0 aliphatic heterocycles. The third-order valence-corrected chi connectivity index (χ3v) is 7.79. The first-order chi connectivity index (χ1) is 25.3. The van der Waals surface area contributed by atoms with Crippen molar-refractivity contribution in [2.75, 3.05) is 38.9 Å². The summed E-state index contributed by atoms with van der Waals surface area (Å²) >= 11 is 0. The van der Waals surface area contributed by atoms with Crippen LogP contribution in [0.15, 0.2) is 97.1 Å². The highest BCUT2D eigenvalue weighted by Gasteiger charge is 2.52. The Morgan fingerprint density at radius 2 is 1.32 bits per heavy atom. The van der Waals surface area contributed by atoms with Crippen molar-refractivity contribution < 1.29 is 60.8 Å². The Hall–Kier alpha value is -6.02. The van der Waals surface area contributed by atoms with Crippen molar-refractivity contribution in [3.63, 3.8) is 0 Å². The van der Waals surface area contributed by atoms with Crippen LogP contribution in [-0.4, -0.2) is 63.3 Å². The molecule has 0 radical (unpaired) electrons. The maximum atomic E-state index is 13.6. The Balaban J connectivity index is 1.59. The first kappa shape index (κ1) is 39.8. The van der Waals surface area contributed by atoms with E-state index in [1.165, 1.54) is 55.6 Å². The second-order valence-electron chi connectivity index (χ2n) is 11.4. The highest BCUT2D eigenvalue weighted by molar-refractivity contribution is 6.09. The summed E-state index contributed by atoms with van der Waals surface area (Å²) in [5, 5.41) is 2.66. The number of nitrogens with one attached hydrogen (secondary N) is 1. The lowest BCUT2D eigenvalue weighted by molar-refractivity contribution is -0.170. The van der Waals surface area contributed by atoms with Gasteiger partial charge in [-0.3, -0.25) is 19.2 Å². The minimum Gasteiger partial charge on any atom is -0.465 e. The zero-order valence-electron chi connectivity index (χ0n) is 29.0. The number of halogens is 3. The Bertz CT molecular complexity index is 1910. The number of amides is 1. The van der Waals surface area contributed by atoms with E-state index >= 15 is 0 Å². The number of ether oxygens (including phenoxy) is 5. The summed E-state index contributed by atoms with van der Waals surface area (Å²) in [5.74, 6) is -4.46. The number of benzene rings is 4. The van der Waals surface area contributed by atoms with Gasteiger partial charge in [0.2, 0.25) is 5.41 Å². The molecule has 0 aliphatic carbocycles. The number of rotatable bonds is 15. The van der Waals surface area contributed by atoms with Gasteiger partial charge >= 0.3 is 30.1 Å². The molecule has 278 valence electrons. The third-order valence-electron chi connectivity index (χ3n) is 7.79. The molecule has 0 saturated heterocycles. The number of carbonyl (C=O) groups is 5. The van der Waals surface area contributed by atoms with E-state index in [1.807, 2.05) is 0 Å². The van der Waals surface area contributed by atoms with E-state index in [-0.39, 0.29) is 41.3 Å². The Kier molecular flexibility index (Phi) is 13.5. The highest BCUT2D eigenvalue weighted by Crippen LogP contribution is 2.34. The van der Waals surface area contributed by atoms with Gasteiger partial charge in [-0.05, 0) is 66.4 Å². The van der Waals surface area contributed by atoms with Gasteiger partial charge in [0.05, 0.1) is 30.9 Å². The Morgan fingerprint density at radius 3 is 1.92 bits per heavy atom. The van der Waals surface area contributed by atoms with E-state index in [4.69, 9.17) is 23.7 Å². The molecule has 0 bridgehead atoms. The van der Waals surface area contributed by atoms with Gasteiger partial charge in [-0.25, -0.2) is 4.79 Å². The van der Waals surface area contributed by atoms with Gasteiger partial charge in [0.1, 0.15) is 13.2 Å². The van der Waals surface area contributed by atoms with Gasteiger partial charge in [-0.1, -0.05) is 66.7 Å². The van der Waals surface area contributed by atoms with Crippen molar-refractivity contribution in [2.45, 2.75) is 31.9 Å². The maximum absolute atomic E-state index is 13.6. The fraction of sp³-hybridized carbons (Fsp3) is 0.256. The standard InChI is InChI=1S/C39H36F3NO10/c1-4-50-36(47)38(37(48)51-5-2,27-11-7-6-8-12-27)24-52-33(44)22-25-15-20-31(32(21-25)53-34(45)23-49-3)43-35(46)30-14-10-9-13-29(30)26-16-18-28(19-17-26)39(40,41)42/h6-21H,4-5,22-24H2,1-3H3,(H,43,46). The van der Waals surface area contributed by atoms with Crippen LogP contribution >= 0.6 is 0 Å². The molecule has 53 heavy (non-hydrogen) atoms. The molecule has 1 amide bonds. The normalized spacial score (nSPS) is 11.3. The quantitative estimate of drug-likeness (QED) is 0.0637. The van der Waals surface area contributed by atoms with Gasteiger partial charge < -0.3 is 29.0 Å². The second-order valence-corrected chi connectivity index (χ2v) is 11.4. The SMILES string of the molecule is CCOC(=O)C(COC(=O)Cc1ccc(NC(=O)c2ccccc2-c2ccc(C(F)(F)F)cc2)c(OC(=O)COC)c1)(C(=O)OCC)c1ccccc1. The zero-order valence-corrected chi connectivity index (χ0v) is 29.0. The molecule has 0 saturated carbocycles. The third kappa shape index (κ3) is 9.86. The Labute approximate surface area is 302 Å². The molecule has 1 N–H and O–H groups in total. The summed E-state index contributed by atoms with van der Waals surface area (Å²) in [7, 11) is 1.27. The van der Waals surface area contributed by atoms with Gasteiger partial charge in [0.15, 0.2) is 5.75 Å². The number of anilines is 1. The van der Waals surface area contributed by atoms with Crippen LogP contribution in [0.3, 0.4) is 0 Å². The topological polar surface area (TPSA) is 144 Å². The molecule has 4 aromatic carbocycles. The fourth-order valence-corrected chi connectivity index (χ4v) is 5.25. The number of carbonyl (C=O) groups excluding carboxylic acids is 5. The zero-order chi connectivity index (χ0) is 38.6. The first-order valence-corrected chi connectivity index (χ1v) is 16.3. The minimum absolute atomic E-state index is 0.0199. The van der Waals surface area contributed by atoms with Crippen LogP contribution in [-0.2, 0) is 56.1 Å². The number of hydrogen-bond donors (Lipinski definition) is 1. The highest BCUT2D eigenvalue weighted by atomic mass is 19.4. The first-order valence-electron chi connectivity index (χ1n) is 16.3. The number of alkyl halides is 3. The maximum Gasteiger partial charge on any atom is 0.416 e. The van der Waals surface area contributed by atoms with E-state index < -0.39 is 66.6 Å². The van der Waals surface area contributed by atoms with Gasteiger partial charge in [0, 0.05) is 12.7 Å². The van der Waals surface area contributed by atoms with Crippen molar-refractivity contribution >= 4 is 35.5 Å². The molecule has 0 fully saturated rings. The van der Waals surface area contributed by atoms with Crippen LogP contribution in [0.4, 0.5) is 18.9 Å². The summed E-state index contributed by atoms with van der Waals surface area (Å²) in [4.78, 5) is 65.8. The van der Waals surface area contributed by atoms with Crippen molar-refractivity contribution in [3.8, 4) is 16.9 Å². The second kappa shape index (κ2) is 18.0. The van der Waals surface area contributed by atoms with E-state index in [0.717, 1.165) is 12.1 Å². The summed E-state index contributed by atoms with van der Waals surface area (Å²) < 4.78 is 65.6. The molecule has 4 aromatic rings. The number of esters is 4. The number of hydrogen-bond acceptors (Lipinski definition) is 10. The van der Waals surface area contributed by atoms with Crippen molar-refractivity contribution in [3.05, 3.63) is 119 Å². The monoisotopic (exact) mass is 735 g/mol. The average Bonchev–Trinajstić information content (AvgIpc) is 3.13. The van der Waals surface area contributed by atoms with Gasteiger partial charge in [-0.15, -0.1) is 0 Å². The fourth-order valence-electron chi connectivity index (χ4n) is 5.25. The molecule has 0 heterocycles. The Morgan fingerprint density at radius 1 is 0.698 bits per heavy atom. The lowest BCUT2D eigenvalue weighted by atomic mass is 9.81. The van der Waals surface area contributed by atoms with E-state index in [0.29, 0.717) is 11.1 Å². The summed E-state index contributed by atoms with van der Waals surface area (Å²) in [6, 6.07) is 22.6. The smallest absolute Gasteiger partial charge is 0.416 e. The lowest BCUT2D eigenvalue weighted by Gasteiger charge is -2.29. The molecule has 11 nitrogen and oxygen atoms in total.